The molecule has 148 valence electrons. The minimum atomic E-state index is -0.571. The summed E-state index contributed by atoms with van der Waals surface area (Å²) in [4.78, 5) is 13.4. The molecule has 1 aliphatic carbocycles. The van der Waals surface area contributed by atoms with Gasteiger partial charge in [0.1, 0.15) is 30.2 Å². The van der Waals surface area contributed by atoms with Gasteiger partial charge < -0.3 is 28.4 Å². The lowest BCUT2D eigenvalue weighted by Crippen LogP contribution is -2.66. The number of benzene rings is 1. The molecule has 6 unspecified atom stereocenters. The Bertz CT molecular complexity index is 684. The third kappa shape index (κ3) is 3.36. The van der Waals surface area contributed by atoms with Gasteiger partial charge in [0, 0.05) is 28.4 Å². The monoisotopic (exact) mass is 378 g/mol. The van der Waals surface area contributed by atoms with Gasteiger partial charge in [-0.1, -0.05) is 12.1 Å². The molecule has 1 fully saturated rings. The molecule has 0 spiro atoms. The molecule has 1 heterocycles. The van der Waals surface area contributed by atoms with Crippen molar-refractivity contribution < 1.29 is 33.2 Å². The minimum Gasteiger partial charge on any atom is -0.497 e. The third-order valence-electron chi connectivity index (χ3n) is 5.40. The van der Waals surface area contributed by atoms with Gasteiger partial charge in [-0.25, -0.2) is 0 Å². The number of fused-ring (bicyclic) bond motifs is 1. The van der Waals surface area contributed by atoms with Crippen molar-refractivity contribution in [3.05, 3.63) is 36.1 Å². The summed E-state index contributed by atoms with van der Waals surface area (Å²) in [5.41, 5.74) is 1.24. The van der Waals surface area contributed by atoms with E-state index in [2.05, 4.69) is 0 Å². The van der Waals surface area contributed by atoms with Crippen LogP contribution >= 0.6 is 0 Å². The van der Waals surface area contributed by atoms with Crippen LogP contribution in [0.2, 0.25) is 0 Å². The van der Waals surface area contributed by atoms with Gasteiger partial charge in [-0.15, -0.1) is 0 Å². The normalized spacial score (nSPS) is 33.1. The lowest BCUT2D eigenvalue weighted by Gasteiger charge is -2.49. The average molecular weight is 378 g/mol. The number of Topliss-reactive ketones (excluding diaryl/α,β-unsaturated/α-hetero) is 1. The minimum absolute atomic E-state index is 0.0677. The molecule has 0 saturated heterocycles. The summed E-state index contributed by atoms with van der Waals surface area (Å²) in [5.74, 6) is 0.0796. The second-order valence-corrected chi connectivity index (χ2v) is 6.55. The topological polar surface area (TPSA) is 72.5 Å². The number of hydrogen-bond acceptors (Lipinski definition) is 7. The fourth-order valence-corrected chi connectivity index (χ4v) is 4.07. The summed E-state index contributed by atoms with van der Waals surface area (Å²) < 4.78 is 33.7. The van der Waals surface area contributed by atoms with E-state index < -0.39 is 36.4 Å². The molecule has 7 heteroatoms. The maximum atomic E-state index is 13.4. The molecule has 1 aromatic rings. The van der Waals surface area contributed by atoms with Gasteiger partial charge in [0.15, 0.2) is 5.78 Å². The standard InChI is InChI=1S/C20H26O7/c1-22-12-8-6-11(7-9-12)13-10-27-17-14(15(13)21)16(23-2)18(24-3)20(26-5)19(17)25-4/h6-10,14,16-20H,1-5H3. The first-order chi connectivity index (χ1) is 13.1. The highest BCUT2D eigenvalue weighted by molar-refractivity contribution is 6.22. The van der Waals surface area contributed by atoms with Crippen LogP contribution in [0.15, 0.2) is 30.5 Å². The molecule has 0 N–H and O–H groups in total. The van der Waals surface area contributed by atoms with E-state index in [-0.39, 0.29) is 5.78 Å². The molecule has 0 aromatic heterocycles. The van der Waals surface area contributed by atoms with Gasteiger partial charge in [0.05, 0.1) is 31.0 Å². The van der Waals surface area contributed by atoms with Crippen LogP contribution in [0.3, 0.4) is 0 Å². The number of methoxy groups -OCH3 is 5. The zero-order valence-corrected chi connectivity index (χ0v) is 16.2. The second-order valence-electron chi connectivity index (χ2n) is 6.55. The van der Waals surface area contributed by atoms with Crippen LogP contribution < -0.4 is 4.74 Å². The number of allylic oxidation sites excluding steroid dienone is 1. The molecule has 1 aromatic carbocycles. The Morgan fingerprint density at radius 2 is 1.33 bits per heavy atom. The Morgan fingerprint density at radius 1 is 0.778 bits per heavy atom. The maximum absolute atomic E-state index is 13.4. The Labute approximate surface area is 159 Å². The highest BCUT2D eigenvalue weighted by Gasteiger charge is 2.57. The van der Waals surface area contributed by atoms with Crippen LogP contribution in [0.1, 0.15) is 5.56 Å². The molecule has 0 bridgehead atoms. The Kier molecular flexibility index (Phi) is 6.16. The Morgan fingerprint density at radius 3 is 1.85 bits per heavy atom. The number of carbonyl (C=O) groups excluding carboxylic acids is 1. The molecule has 1 aliphatic heterocycles. The quantitative estimate of drug-likeness (QED) is 0.746. The Hall–Kier alpha value is -1.93. The smallest absolute Gasteiger partial charge is 0.176 e. The molecular weight excluding hydrogens is 352 g/mol. The molecular formula is C20H26O7. The lowest BCUT2D eigenvalue weighted by atomic mass is 9.72. The summed E-state index contributed by atoms with van der Waals surface area (Å²) in [7, 11) is 7.89. The van der Waals surface area contributed by atoms with Gasteiger partial charge in [-0.05, 0) is 17.7 Å². The summed E-state index contributed by atoms with van der Waals surface area (Å²) >= 11 is 0. The van der Waals surface area contributed by atoms with Gasteiger partial charge in [-0.2, -0.15) is 0 Å². The van der Waals surface area contributed by atoms with Crippen molar-refractivity contribution in [2.45, 2.75) is 30.5 Å². The van der Waals surface area contributed by atoms with E-state index in [1.807, 2.05) is 12.1 Å². The zero-order chi connectivity index (χ0) is 19.6. The van der Waals surface area contributed by atoms with Crippen molar-refractivity contribution in [1.82, 2.24) is 0 Å². The van der Waals surface area contributed by atoms with Gasteiger partial charge in [0.25, 0.3) is 0 Å². The van der Waals surface area contributed by atoms with Crippen LogP contribution in [0.25, 0.3) is 5.57 Å². The SMILES string of the molecule is COc1ccc(C2=COC3C(OC)C(OC)C(OC)C(OC)C3C2=O)cc1. The largest absolute Gasteiger partial charge is 0.497 e. The van der Waals surface area contributed by atoms with Crippen LogP contribution in [0.5, 0.6) is 5.75 Å². The predicted molar refractivity (Wildman–Crippen MR) is 97.5 cm³/mol. The van der Waals surface area contributed by atoms with Crippen molar-refractivity contribution in [2.75, 3.05) is 35.5 Å². The first-order valence-corrected chi connectivity index (χ1v) is 8.76. The molecule has 27 heavy (non-hydrogen) atoms. The van der Waals surface area contributed by atoms with Gasteiger partial charge in [0.2, 0.25) is 0 Å². The number of ether oxygens (including phenoxy) is 6. The van der Waals surface area contributed by atoms with Crippen molar-refractivity contribution in [1.29, 1.82) is 0 Å². The van der Waals surface area contributed by atoms with E-state index in [4.69, 9.17) is 28.4 Å². The van der Waals surface area contributed by atoms with Crippen LogP contribution in [0.4, 0.5) is 0 Å². The van der Waals surface area contributed by atoms with E-state index in [0.717, 1.165) is 11.3 Å². The molecule has 1 saturated carbocycles. The maximum Gasteiger partial charge on any atom is 0.176 e. The van der Waals surface area contributed by atoms with Gasteiger partial charge in [-0.3, -0.25) is 4.79 Å². The molecule has 0 amide bonds. The summed E-state index contributed by atoms with van der Waals surface area (Å²) in [6.45, 7) is 0. The third-order valence-corrected chi connectivity index (χ3v) is 5.40. The van der Waals surface area contributed by atoms with Crippen molar-refractivity contribution in [3.63, 3.8) is 0 Å². The van der Waals surface area contributed by atoms with E-state index in [1.165, 1.54) is 6.26 Å². The van der Waals surface area contributed by atoms with Crippen molar-refractivity contribution >= 4 is 11.4 Å². The average Bonchev–Trinajstić information content (AvgIpc) is 2.72. The fourth-order valence-electron chi connectivity index (χ4n) is 4.07. The van der Waals surface area contributed by atoms with Crippen LogP contribution in [-0.4, -0.2) is 71.9 Å². The van der Waals surface area contributed by atoms with Crippen LogP contribution in [0, 0.1) is 5.92 Å². The number of carbonyl (C=O) groups is 1. The lowest BCUT2D eigenvalue weighted by molar-refractivity contribution is -0.230. The number of ketones is 1. The summed E-state index contributed by atoms with van der Waals surface area (Å²) in [6, 6.07) is 7.27. The zero-order valence-electron chi connectivity index (χ0n) is 16.2. The highest BCUT2D eigenvalue weighted by Crippen LogP contribution is 2.40. The molecule has 3 rings (SSSR count). The molecule has 2 aliphatic rings. The first-order valence-electron chi connectivity index (χ1n) is 8.76. The molecule has 0 radical (unpaired) electrons. The molecule has 7 nitrogen and oxygen atoms in total. The van der Waals surface area contributed by atoms with Crippen molar-refractivity contribution in [2.24, 2.45) is 5.92 Å². The number of rotatable bonds is 6. The predicted octanol–water partition coefficient (Wildman–Crippen LogP) is 1.69. The number of hydrogen-bond donors (Lipinski definition) is 0. The first kappa shape index (κ1) is 19.8. The van der Waals surface area contributed by atoms with Gasteiger partial charge >= 0.3 is 0 Å². The Balaban J connectivity index is 1.99. The van der Waals surface area contributed by atoms with E-state index >= 15 is 0 Å². The second kappa shape index (κ2) is 8.39. The fraction of sp³-hybridized carbons (Fsp3) is 0.550. The van der Waals surface area contributed by atoms with E-state index in [1.54, 1.807) is 47.7 Å². The van der Waals surface area contributed by atoms with Crippen LogP contribution in [-0.2, 0) is 28.5 Å². The highest BCUT2D eigenvalue weighted by atomic mass is 16.6. The van der Waals surface area contributed by atoms with Crippen molar-refractivity contribution in [3.8, 4) is 5.75 Å². The van der Waals surface area contributed by atoms with E-state index in [9.17, 15) is 4.79 Å². The summed E-state index contributed by atoms with van der Waals surface area (Å²) in [5, 5.41) is 0. The van der Waals surface area contributed by atoms with E-state index in [0.29, 0.717) is 5.57 Å². The molecule has 6 atom stereocenters. The summed E-state index contributed by atoms with van der Waals surface area (Å²) in [6.07, 6.45) is -0.890.